The monoisotopic (exact) mass is 446 g/mol. The topological polar surface area (TPSA) is 73.8 Å². The van der Waals surface area contributed by atoms with Crippen molar-refractivity contribution < 1.29 is 37.9 Å². The maximum Gasteiger partial charge on any atom is 0.0701 e. The average Bonchev–Trinajstić information content (AvgIpc) is 2.66. The molecule has 26 heavy (non-hydrogen) atoms. The first-order chi connectivity index (χ1) is 12.9. The van der Waals surface area contributed by atoms with Crippen LogP contribution in [0.1, 0.15) is 0 Å². The van der Waals surface area contributed by atoms with Crippen LogP contribution in [0.25, 0.3) is 0 Å². The molecular weight excluding hydrogens is 412 g/mol. The summed E-state index contributed by atoms with van der Waals surface area (Å²) in [5, 5.41) is 0.847. The Labute approximate surface area is 165 Å². The van der Waals surface area contributed by atoms with Crippen molar-refractivity contribution in [2.75, 3.05) is 112 Å². The minimum absolute atomic E-state index is 0.547. The van der Waals surface area contributed by atoms with Crippen LogP contribution < -0.4 is 0 Å². The minimum Gasteiger partial charge on any atom is -0.382 e. The van der Waals surface area contributed by atoms with Gasteiger partial charge in [0.05, 0.1) is 99.1 Å². The van der Waals surface area contributed by atoms with E-state index in [1.54, 1.807) is 7.11 Å². The third kappa shape index (κ3) is 24.2. The molecule has 0 aliphatic heterocycles. The molecule has 0 heterocycles. The Morgan fingerprint density at radius 2 is 0.615 bits per heavy atom. The maximum absolute atomic E-state index is 5.40. The van der Waals surface area contributed by atoms with Crippen molar-refractivity contribution >= 4 is 15.9 Å². The second-order valence-corrected chi connectivity index (χ2v) is 5.76. The van der Waals surface area contributed by atoms with Gasteiger partial charge < -0.3 is 37.9 Å². The predicted octanol–water partition coefficient (Wildman–Crippen LogP) is 1.14. The molecule has 0 fully saturated rings. The fourth-order valence-corrected chi connectivity index (χ4v) is 1.85. The zero-order chi connectivity index (χ0) is 19.0. The van der Waals surface area contributed by atoms with E-state index in [9.17, 15) is 0 Å². The Bertz CT molecular complexity index is 225. The number of hydrogen-bond acceptors (Lipinski definition) is 8. The fraction of sp³-hybridized carbons (Fsp3) is 1.00. The van der Waals surface area contributed by atoms with Gasteiger partial charge in [-0.2, -0.15) is 0 Å². The second kappa shape index (κ2) is 25.2. The van der Waals surface area contributed by atoms with Crippen LogP contribution in [0.2, 0.25) is 0 Å². The van der Waals surface area contributed by atoms with Crippen molar-refractivity contribution in [3.05, 3.63) is 0 Å². The van der Waals surface area contributed by atoms with Gasteiger partial charge >= 0.3 is 0 Å². The van der Waals surface area contributed by atoms with Gasteiger partial charge in [0.15, 0.2) is 0 Å². The highest BCUT2D eigenvalue weighted by molar-refractivity contribution is 9.09. The summed E-state index contributed by atoms with van der Waals surface area (Å²) < 4.78 is 42.3. The van der Waals surface area contributed by atoms with Crippen LogP contribution in [0.4, 0.5) is 0 Å². The van der Waals surface area contributed by atoms with Crippen molar-refractivity contribution in [2.24, 2.45) is 0 Å². The number of alkyl halides is 1. The normalized spacial score (nSPS) is 11.3. The zero-order valence-corrected chi connectivity index (χ0v) is 17.5. The van der Waals surface area contributed by atoms with Crippen LogP contribution in [0.3, 0.4) is 0 Å². The van der Waals surface area contributed by atoms with E-state index in [2.05, 4.69) is 15.9 Å². The molecule has 0 saturated heterocycles. The molecule has 158 valence electrons. The summed E-state index contributed by atoms with van der Waals surface area (Å²) in [6.07, 6.45) is 0. The summed E-state index contributed by atoms with van der Waals surface area (Å²) in [5.41, 5.74) is 0. The van der Waals surface area contributed by atoms with E-state index in [1.807, 2.05) is 0 Å². The van der Waals surface area contributed by atoms with Crippen LogP contribution >= 0.6 is 15.9 Å². The highest BCUT2D eigenvalue weighted by atomic mass is 79.9. The first kappa shape index (κ1) is 26.2. The van der Waals surface area contributed by atoms with Crippen LogP contribution in [0.15, 0.2) is 0 Å². The van der Waals surface area contributed by atoms with E-state index in [-0.39, 0.29) is 0 Å². The summed E-state index contributed by atoms with van der Waals surface area (Å²) in [6.45, 7) is 8.67. The Hall–Kier alpha value is 0.160. The molecule has 0 saturated carbocycles. The minimum atomic E-state index is 0.547. The zero-order valence-electron chi connectivity index (χ0n) is 16.0. The van der Waals surface area contributed by atoms with E-state index < -0.39 is 0 Å². The van der Waals surface area contributed by atoms with Crippen molar-refractivity contribution in [2.45, 2.75) is 0 Å². The Balaban J connectivity index is 2.95. The quantitative estimate of drug-likeness (QED) is 0.171. The molecule has 0 bridgehead atoms. The number of rotatable bonds is 23. The van der Waals surface area contributed by atoms with Crippen LogP contribution in [0.5, 0.6) is 0 Å². The van der Waals surface area contributed by atoms with E-state index in [0.717, 1.165) is 5.33 Å². The molecule has 0 unspecified atom stereocenters. The Kier molecular flexibility index (Phi) is 25.3. The summed E-state index contributed by atoms with van der Waals surface area (Å²) in [6, 6.07) is 0. The number of methoxy groups -OCH3 is 1. The number of halogens is 1. The molecular formula is C17H35BrO8. The molecule has 0 aromatic heterocycles. The first-order valence-electron chi connectivity index (χ1n) is 9.01. The van der Waals surface area contributed by atoms with Gasteiger partial charge in [-0.1, -0.05) is 15.9 Å². The van der Waals surface area contributed by atoms with Crippen molar-refractivity contribution in [1.29, 1.82) is 0 Å². The molecule has 9 heteroatoms. The second-order valence-electron chi connectivity index (χ2n) is 4.97. The van der Waals surface area contributed by atoms with Gasteiger partial charge in [0.2, 0.25) is 0 Å². The summed E-state index contributed by atoms with van der Waals surface area (Å²) >= 11 is 3.29. The smallest absolute Gasteiger partial charge is 0.0701 e. The summed E-state index contributed by atoms with van der Waals surface area (Å²) in [5.74, 6) is 0. The van der Waals surface area contributed by atoms with Crippen molar-refractivity contribution in [1.82, 2.24) is 0 Å². The number of ether oxygens (including phenoxy) is 8. The van der Waals surface area contributed by atoms with Crippen LogP contribution in [-0.4, -0.2) is 112 Å². The van der Waals surface area contributed by atoms with Gasteiger partial charge in [-0.3, -0.25) is 0 Å². The molecule has 0 N–H and O–H groups in total. The van der Waals surface area contributed by atoms with Crippen LogP contribution in [0, 0.1) is 0 Å². The molecule has 0 aromatic rings. The molecule has 0 radical (unpaired) electrons. The number of hydrogen-bond donors (Lipinski definition) is 0. The van der Waals surface area contributed by atoms with E-state index in [0.29, 0.717) is 99.1 Å². The van der Waals surface area contributed by atoms with Crippen LogP contribution in [-0.2, 0) is 37.9 Å². The summed E-state index contributed by atoms with van der Waals surface area (Å²) in [7, 11) is 1.65. The third-order valence-electron chi connectivity index (χ3n) is 2.89. The molecule has 0 spiro atoms. The van der Waals surface area contributed by atoms with E-state index in [1.165, 1.54) is 0 Å². The molecule has 0 atom stereocenters. The van der Waals surface area contributed by atoms with Gasteiger partial charge in [0, 0.05) is 12.4 Å². The molecule has 0 rings (SSSR count). The molecule has 8 nitrogen and oxygen atoms in total. The largest absolute Gasteiger partial charge is 0.382 e. The first-order valence-corrected chi connectivity index (χ1v) is 10.1. The van der Waals surface area contributed by atoms with Crippen molar-refractivity contribution in [3.8, 4) is 0 Å². The van der Waals surface area contributed by atoms with Gasteiger partial charge in [0.25, 0.3) is 0 Å². The lowest BCUT2D eigenvalue weighted by atomic mass is 10.6. The van der Waals surface area contributed by atoms with E-state index in [4.69, 9.17) is 37.9 Å². The predicted molar refractivity (Wildman–Crippen MR) is 101 cm³/mol. The van der Waals surface area contributed by atoms with Gasteiger partial charge in [-0.05, 0) is 0 Å². The third-order valence-corrected chi connectivity index (χ3v) is 3.21. The lowest BCUT2D eigenvalue weighted by Gasteiger charge is -2.08. The molecule has 0 aliphatic rings. The molecule has 0 aromatic carbocycles. The average molecular weight is 447 g/mol. The highest BCUT2D eigenvalue weighted by Crippen LogP contribution is 1.86. The Morgan fingerprint density at radius 3 is 0.846 bits per heavy atom. The molecule has 0 aliphatic carbocycles. The summed E-state index contributed by atoms with van der Waals surface area (Å²) in [4.78, 5) is 0. The fourth-order valence-electron chi connectivity index (χ4n) is 1.62. The standard InChI is InChI=1S/C17H35BrO8/c1-19-4-5-21-8-9-23-12-13-25-16-17-26-15-14-24-11-10-22-7-6-20-3-2-18/h2-17H2,1H3. The van der Waals surface area contributed by atoms with E-state index >= 15 is 0 Å². The van der Waals surface area contributed by atoms with Gasteiger partial charge in [-0.25, -0.2) is 0 Å². The van der Waals surface area contributed by atoms with Gasteiger partial charge in [0.1, 0.15) is 0 Å². The SMILES string of the molecule is COCCOCCOCCOCCOCCOCCOCCOCCBr. The van der Waals surface area contributed by atoms with Gasteiger partial charge in [-0.15, -0.1) is 0 Å². The maximum atomic E-state index is 5.40. The highest BCUT2D eigenvalue weighted by Gasteiger charge is 1.94. The molecule has 0 amide bonds. The lowest BCUT2D eigenvalue weighted by molar-refractivity contribution is -0.0217. The Morgan fingerprint density at radius 1 is 0.385 bits per heavy atom. The van der Waals surface area contributed by atoms with Crippen molar-refractivity contribution in [3.63, 3.8) is 0 Å². The lowest BCUT2D eigenvalue weighted by Crippen LogP contribution is -2.14.